The molecular weight excluding hydrogens is 406 g/mol. The van der Waals surface area contributed by atoms with E-state index in [1.807, 2.05) is 25.1 Å². The number of H-pyrrole nitrogens is 1. The van der Waals surface area contributed by atoms with Crippen molar-refractivity contribution in [2.75, 3.05) is 16.0 Å². The Hall–Kier alpha value is -3.65. The summed E-state index contributed by atoms with van der Waals surface area (Å²) in [6.07, 6.45) is -0.168. The lowest BCUT2D eigenvalue weighted by atomic mass is 9.92. The summed E-state index contributed by atoms with van der Waals surface area (Å²) in [4.78, 5) is 44.8. The Morgan fingerprint density at radius 2 is 1.93 bits per heavy atom. The van der Waals surface area contributed by atoms with Gasteiger partial charge >= 0.3 is 0 Å². The van der Waals surface area contributed by atoms with Crippen molar-refractivity contribution >= 4 is 46.6 Å². The number of hydrogen-bond donors (Lipinski definition) is 4. The van der Waals surface area contributed by atoms with Gasteiger partial charge in [0.15, 0.2) is 0 Å². The molecule has 0 aliphatic carbocycles. The normalized spacial score (nSPS) is 15.1. The van der Waals surface area contributed by atoms with Crippen LogP contribution in [-0.2, 0) is 9.59 Å². The monoisotopic (exact) mass is 423 g/mol. The molecule has 1 atom stereocenters. The van der Waals surface area contributed by atoms with Gasteiger partial charge in [0.1, 0.15) is 5.82 Å². The van der Waals surface area contributed by atoms with Gasteiger partial charge in [-0.25, -0.2) is 0 Å². The smallest absolute Gasteiger partial charge is 0.258 e. The molecule has 0 unspecified atom stereocenters. The van der Waals surface area contributed by atoms with Crippen LogP contribution in [0.2, 0.25) is 5.02 Å². The second kappa shape index (κ2) is 8.00. The van der Waals surface area contributed by atoms with E-state index in [9.17, 15) is 14.4 Å². The average Bonchev–Trinajstić information content (AvgIpc) is 2.70. The fourth-order valence-corrected chi connectivity index (χ4v) is 3.54. The van der Waals surface area contributed by atoms with Gasteiger partial charge in [0, 0.05) is 12.1 Å². The van der Waals surface area contributed by atoms with E-state index in [1.54, 1.807) is 30.3 Å². The predicted octanol–water partition coefficient (Wildman–Crippen LogP) is 3.54. The highest BCUT2D eigenvalue weighted by atomic mass is 35.5. The molecular formula is C21H18ClN5O3. The lowest BCUT2D eigenvalue weighted by Gasteiger charge is -2.24. The number of nitrogens with one attached hydrogen (secondary N) is 4. The van der Waals surface area contributed by atoms with Crippen molar-refractivity contribution in [2.45, 2.75) is 19.3 Å². The van der Waals surface area contributed by atoms with Crippen molar-refractivity contribution in [1.29, 1.82) is 0 Å². The molecule has 1 aromatic heterocycles. The van der Waals surface area contributed by atoms with Crippen molar-refractivity contribution in [2.24, 2.45) is 0 Å². The Balaban J connectivity index is 1.65. The van der Waals surface area contributed by atoms with Crippen LogP contribution in [0, 0.1) is 6.92 Å². The Bertz CT molecular complexity index is 1190. The van der Waals surface area contributed by atoms with Gasteiger partial charge in [-0.3, -0.25) is 19.4 Å². The lowest BCUT2D eigenvalue weighted by Crippen LogP contribution is -2.36. The highest BCUT2D eigenvalue weighted by Crippen LogP contribution is 2.31. The van der Waals surface area contributed by atoms with Crippen molar-refractivity contribution in [3.63, 3.8) is 0 Å². The third-order valence-corrected chi connectivity index (χ3v) is 5.00. The Morgan fingerprint density at radius 3 is 2.67 bits per heavy atom. The highest BCUT2D eigenvalue weighted by molar-refractivity contribution is 6.33. The molecule has 2 aromatic carbocycles. The number of hydrogen-bond acceptors (Lipinski definition) is 5. The second-order valence-electron chi connectivity index (χ2n) is 6.95. The van der Waals surface area contributed by atoms with Crippen LogP contribution in [0.25, 0.3) is 0 Å². The summed E-state index contributed by atoms with van der Waals surface area (Å²) in [6.45, 7) is 1.88. The fourth-order valence-electron chi connectivity index (χ4n) is 3.25. The second-order valence-corrected chi connectivity index (χ2v) is 7.35. The number of rotatable bonds is 4. The number of amides is 2. The van der Waals surface area contributed by atoms with Gasteiger partial charge in [0.2, 0.25) is 17.8 Å². The maximum Gasteiger partial charge on any atom is 0.258 e. The first-order valence-electron chi connectivity index (χ1n) is 9.24. The molecule has 2 heterocycles. The Kier molecular flexibility index (Phi) is 5.24. The molecule has 0 bridgehead atoms. The molecule has 0 fully saturated rings. The summed E-state index contributed by atoms with van der Waals surface area (Å²) in [6, 6.07) is 14.3. The molecule has 1 aliphatic rings. The maximum absolute atomic E-state index is 12.9. The van der Waals surface area contributed by atoms with Crippen LogP contribution in [0.5, 0.6) is 0 Å². The quantitative estimate of drug-likeness (QED) is 0.512. The van der Waals surface area contributed by atoms with Crippen molar-refractivity contribution in [3.05, 3.63) is 75.0 Å². The zero-order valence-corrected chi connectivity index (χ0v) is 16.7. The minimum atomic E-state index is -0.992. The summed E-state index contributed by atoms with van der Waals surface area (Å²) < 4.78 is 0. The number of fused-ring (bicyclic) bond motifs is 1. The van der Waals surface area contributed by atoms with Gasteiger partial charge in [-0.2, -0.15) is 4.98 Å². The summed E-state index contributed by atoms with van der Waals surface area (Å²) in [5.74, 6) is -1.68. The zero-order chi connectivity index (χ0) is 21.3. The first kappa shape index (κ1) is 19.7. The topological polar surface area (TPSA) is 116 Å². The standard InChI is InChI=1S/C21H18ClN5O3/c1-11-7-8-15(14(22)9-11)24-19(29)13-10-16(28)25-18-17(13)20(30)27-21(26-18)23-12-5-3-2-4-6-12/h2-9,13H,10H2,1H3,(H,24,29)(H3,23,25,26,27,28,30)/t13-/m1/s1. The van der Waals surface area contributed by atoms with E-state index in [-0.39, 0.29) is 23.8 Å². The number of halogens is 1. The highest BCUT2D eigenvalue weighted by Gasteiger charge is 2.35. The first-order valence-corrected chi connectivity index (χ1v) is 9.61. The molecule has 152 valence electrons. The molecule has 3 aromatic rings. The molecule has 0 spiro atoms. The van der Waals surface area contributed by atoms with E-state index < -0.39 is 23.3 Å². The van der Waals surface area contributed by atoms with Crippen LogP contribution in [0.15, 0.2) is 53.3 Å². The summed E-state index contributed by atoms with van der Waals surface area (Å²) >= 11 is 6.19. The third kappa shape index (κ3) is 4.04. The predicted molar refractivity (Wildman–Crippen MR) is 115 cm³/mol. The van der Waals surface area contributed by atoms with Gasteiger partial charge in [-0.15, -0.1) is 0 Å². The van der Waals surface area contributed by atoms with Crippen LogP contribution in [0.3, 0.4) is 0 Å². The Morgan fingerprint density at radius 1 is 1.17 bits per heavy atom. The minimum absolute atomic E-state index is 0.0589. The molecule has 30 heavy (non-hydrogen) atoms. The van der Waals surface area contributed by atoms with Gasteiger partial charge < -0.3 is 16.0 Å². The van der Waals surface area contributed by atoms with Crippen molar-refractivity contribution < 1.29 is 9.59 Å². The van der Waals surface area contributed by atoms with E-state index in [2.05, 4.69) is 25.9 Å². The number of aromatic nitrogens is 2. The number of benzene rings is 2. The number of aromatic amines is 1. The van der Waals surface area contributed by atoms with Crippen molar-refractivity contribution in [3.8, 4) is 0 Å². The zero-order valence-electron chi connectivity index (χ0n) is 16.0. The molecule has 0 saturated heterocycles. The molecule has 0 radical (unpaired) electrons. The molecule has 9 heteroatoms. The molecule has 4 N–H and O–H groups in total. The van der Waals surface area contributed by atoms with Crippen LogP contribution in [0.4, 0.5) is 23.1 Å². The number of carbonyl (C=O) groups excluding carboxylic acids is 2. The molecule has 4 rings (SSSR count). The Labute approximate surface area is 176 Å². The van der Waals surface area contributed by atoms with E-state index in [0.29, 0.717) is 16.4 Å². The molecule has 0 saturated carbocycles. The number of nitrogens with zero attached hydrogens (tertiary/aromatic N) is 1. The van der Waals surface area contributed by atoms with Gasteiger partial charge in [-0.1, -0.05) is 35.9 Å². The summed E-state index contributed by atoms with van der Waals surface area (Å²) in [5, 5.41) is 8.63. The summed E-state index contributed by atoms with van der Waals surface area (Å²) in [7, 11) is 0. The van der Waals surface area contributed by atoms with E-state index in [4.69, 9.17) is 11.6 Å². The molecule has 1 aliphatic heterocycles. The van der Waals surface area contributed by atoms with Crippen LogP contribution < -0.4 is 21.5 Å². The van der Waals surface area contributed by atoms with Gasteiger partial charge in [0.05, 0.1) is 22.2 Å². The van der Waals surface area contributed by atoms with Crippen LogP contribution in [-0.4, -0.2) is 21.8 Å². The third-order valence-electron chi connectivity index (χ3n) is 4.69. The van der Waals surface area contributed by atoms with Crippen LogP contribution in [0.1, 0.15) is 23.5 Å². The number of para-hydroxylation sites is 1. The fraction of sp³-hybridized carbons (Fsp3) is 0.143. The van der Waals surface area contributed by atoms with E-state index in [1.165, 1.54) is 0 Å². The van der Waals surface area contributed by atoms with Gasteiger partial charge in [0.25, 0.3) is 5.56 Å². The van der Waals surface area contributed by atoms with Gasteiger partial charge in [-0.05, 0) is 36.8 Å². The van der Waals surface area contributed by atoms with E-state index >= 15 is 0 Å². The van der Waals surface area contributed by atoms with Crippen molar-refractivity contribution in [1.82, 2.24) is 9.97 Å². The maximum atomic E-state index is 12.9. The number of anilines is 4. The number of carbonyl (C=O) groups is 2. The lowest BCUT2D eigenvalue weighted by molar-refractivity contribution is -0.123. The largest absolute Gasteiger partial charge is 0.326 e. The number of aryl methyl sites for hydroxylation is 1. The molecule has 2 amide bonds. The van der Waals surface area contributed by atoms with E-state index in [0.717, 1.165) is 5.56 Å². The summed E-state index contributed by atoms with van der Waals surface area (Å²) in [5.41, 5.74) is 1.67. The average molecular weight is 424 g/mol. The molecule has 8 nitrogen and oxygen atoms in total. The first-order chi connectivity index (χ1) is 14.4. The van der Waals surface area contributed by atoms with Crippen LogP contribution >= 0.6 is 11.6 Å². The minimum Gasteiger partial charge on any atom is -0.326 e. The SMILES string of the molecule is Cc1ccc(NC(=O)[C@@H]2CC(=O)Nc3nc(Nc4ccccc4)[nH]c(=O)c32)c(Cl)c1.